The van der Waals surface area contributed by atoms with Gasteiger partial charge in [0.2, 0.25) is 0 Å². The number of hydrogen-bond donors (Lipinski definition) is 3. The summed E-state index contributed by atoms with van der Waals surface area (Å²) in [4.78, 5) is 27.1. The predicted octanol–water partition coefficient (Wildman–Crippen LogP) is 2.35. The maximum atomic E-state index is 11.7. The fourth-order valence-corrected chi connectivity index (χ4v) is 2.81. The van der Waals surface area contributed by atoms with Crippen molar-refractivity contribution in [3.05, 3.63) is 29.3 Å². The smallest absolute Gasteiger partial charge is 0.326 e. The van der Waals surface area contributed by atoms with Gasteiger partial charge in [-0.15, -0.1) is 11.3 Å². The maximum absolute atomic E-state index is 11.7. The molecule has 112 valence electrons. The highest BCUT2D eigenvalue weighted by atomic mass is 32.1. The average Bonchev–Trinajstić information content (AvgIpc) is 2.87. The summed E-state index contributed by atoms with van der Waals surface area (Å²) in [7, 11) is 0. The topological polar surface area (TPSA) is 91.3 Å². The van der Waals surface area contributed by atoms with Crippen molar-refractivity contribution in [1.29, 1.82) is 0 Å². The van der Waals surface area contributed by atoms with Gasteiger partial charge in [-0.2, -0.15) is 0 Å². The zero-order valence-electron chi connectivity index (χ0n) is 11.6. The number of carbonyl (C=O) groups is 2. The molecule has 3 N–H and O–H groups in total. The number of aromatic nitrogens is 1. The molecule has 0 spiro atoms. The molecule has 1 aromatic carbocycles. The van der Waals surface area contributed by atoms with Crippen molar-refractivity contribution in [2.45, 2.75) is 32.4 Å². The number of thiazole rings is 1. The SMILES string of the molecule is CCCC(NC(=O)NCc1nc2ccccc2s1)C(=O)O. The number of nitrogens with one attached hydrogen (secondary N) is 2. The van der Waals surface area contributed by atoms with Crippen LogP contribution < -0.4 is 10.6 Å². The summed E-state index contributed by atoms with van der Waals surface area (Å²) in [5.74, 6) is -1.02. The van der Waals surface area contributed by atoms with E-state index in [-0.39, 0.29) is 6.54 Å². The fraction of sp³-hybridized carbons (Fsp3) is 0.357. The number of hydrogen-bond acceptors (Lipinski definition) is 4. The maximum Gasteiger partial charge on any atom is 0.326 e. The van der Waals surface area contributed by atoms with Crippen LogP contribution in [0.4, 0.5) is 4.79 Å². The Morgan fingerprint density at radius 1 is 1.38 bits per heavy atom. The van der Waals surface area contributed by atoms with Gasteiger partial charge in [0, 0.05) is 0 Å². The standard InChI is InChI=1S/C14H17N3O3S/c1-2-5-10(13(18)19)17-14(20)15-8-12-16-9-6-3-4-7-11(9)21-12/h3-4,6-7,10H,2,5,8H2,1H3,(H,18,19)(H2,15,17,20). The van der Waals surface area contributed by atoms with Crippen LogP contribution in [0, 0.1) is 0 Å². The van der Waals surface area contributed by atoms with E-state index in [4.69, 9.17) is 5.11 Å². The van der Waals surface area contributed by atoms with Gasteiger partial charge in [-0.25, -0.2) is 14.6 Å². The fourth-order valence-electron chi connectivity index (χ4n) is 1.91. The van der Waals surface area contributed by atoms with Gasteiger partial charge < -0.3 is 15.7 Å². The molecule has 0 bridgehead atoms. The first-order valence-electron chi connectivity index (χ1n) is 6.71. The normalized spacial score (nSPS) is 12.0. The molecule has 2 aromatic rings. The van der Waals surface area contributed by atoms with Crippen LogP contribution in [0.1, 0.15) is 24.8 Å². The third kappa shape index (κ3) is 4.16. The van der Waals surface area contributed by atoms with Crippen molar-refractivity contribution in [2.75, 3.05) is 0 Å². The number of carbonyl (C=O) groups excluding carboxylic acids is 1. The molecular formula is C14H17N3O3S. The first-order valence-corrected chi connectivity index (χ1v) is 7.53. The minimum Gasteiger partial charge on any atom is -0.480 e. The monoisotopic (exact) mass is 307 g/mol. The molecule has 0 aliphatic carbocycles. The van der Waals surface area contributed by atoms with E-state index in [2.05, 4.69) is 15.6 Å². The van der Waals surface area contributed by atoms with Gasteiger partial charge in [-0.1, -0.05) is 25.5 Å². The molecule has 0 aliphatic rings. The van der Waals surface area contributed by atoms with Crippen LogP contribution in [0.2, 0.25) is 0 Å². The van der Waals surface area contributed by atoms with E-state index in [0.717, 1.165) is 15.2 Å². The highest BCUT2D eigenvalue weighted by Crippen LogP contribution is 2.21. The van der Waals surface area contributed by atoms with Crippen molar-refractivity contribution < 1.29 is 14.7 Å². The third-order valence-corrected chi connectivity index (χ3v) is 3.96. The van der Waals surface area contributed by atoms with Crippen LogP contribution in [-0.2, 0) is 11.3 Å². The van der Waals surface area contributed by atoms with Crippen molar-refractivity contribution in [3.8, 4) is 0 Å². The lowest BCUT2D eigenvalue weighted by Crippen LogP contribution is -2.45. The first kappa shape index (κ1) is 15.2. The number of aliphatic carboxylic acids is 1. The van der Waals surface area contributed by atoms with Gasteiger partial charge in [0.25, 0.3) is 0 Å². The molecule has 1 aromatic heterocycles. The number of amides is 2. The summed E-state index contributed by atoms with van der Waals surface area (Å²) in [6.45, 7) is 2.15. The Morgan fingerprint density at radius 3 is 2.81 bits per heavy atom. The molecule has 1 heterocycles. The number of urea groups is 1. The second-order valence-corrected chi connectivity index (χ2v) is 5.70. The molecule has 7 heteroatoms. The lowest BCUT2D eigenvalue weighted by atomic mass is 10.2. The number of nitrogens with zero attached hydrogens (tertiary/aromatic N) is 1. The van der Waals surface area contributed by atoms with E-state index in [1.165, 1.54) is 11.3 Å². The van der Waals surface area contributed by atoms with Gasteiger partial charge in [-0.05, 0) is 18.6 Å². The number of rotatable bonds is 6. The molecule has 1 unspecified atom stereocenters. The first-order chi connectivity index (χ1) is 10.1. The van der Waals surface area contributed by atoms with E-state index in [1.54, 1.807) is 0 Å². The molecule has 0 saturated carbocycles. The molecule has 0 saturated heterocycles. The Bertz CT molecular complexity index is 608. The summed E-state index contributed by atoms with van der Waals surface area (Å²) in [5.41, 5.74) is 0.897. The Kier molecular flexibility index (Phi) is 5.10. The number of carboxylic acids is 1. The van der Waals surface area contributed by atoms with Gasteiger partial charge in [0.1, 0.15) is 11.0 Å². The molecule has 1 atom stereocenters. The summed E-state index contributed by atoms with van der Waals surface area (Å²) < 4.78 is 1.06. The van der Waals surface area contributed by atoms with Gasteiger partial charge in [0.15, 0.2) is 0 Å². The highest BCUT2D eigenvalue weighted by molar-refractivity contribution is 7.18. The number of carboxylic acid groups (broad SMARTS) is 1. The number of benzene rings is 1. The van der Waals surface area contributed by atoms with E-state index in [1.807, 2.05) is 31.2 Å². The molecule has 0 radical (unpaired) electrons. The molecule has 0 aliphatic heterocycles. The Balaban J connectivity index is 1.89. The van der Waals surface area contributed by atoms with Gasteiger partial charge in [-0.3, -0.25) is 0 Å². The van der Waals surface area contributed by atoms with Crippen molar-refractivity contribution in [1.82, 2.24) is 15.6 Å². The molecule has 2 amide bonds. The van der Waals surface area contributed by atoms with Gasteiger partial charge in [0.05, 0.1) is 16.8 Å². The summed E-state index contributed by atoms with van der Waals surface area (Å²) >= 11 is 1.50. The molecule has 21 heavy (non-hydrogen) atoms. The number of para-hydroxylation sites is 1. The zero-order chi connectivity index (χ0) is 15.2. The molecule has 6 nitrogen and oxygen atoms in total. The summed E-state index contributed by atoms with van der Waals surface area (Å²) in [5, 5.41) is 14.9. The van der Waals surface area contributed by atoms with Crippen LogP contribution in [0.15, 0.2) is 24.3 Å². The van der Waals surface area contributed by atoms with Crippen molar-refractivity contribution in [2.24, 2.45) is 0 Å². The Morgan fingerprint density at radius 2 is 2.14 bits per heavy atom. The summed E-state index contributed by atoms with van der Waals surface area (Å²) in [6, 6.07) is 6.39. The van der Waals surface area contributed by atoms with E-state index >= 15 is 0 Å². The molecule has 2 rings (SSSR count). The predicted molar refractivity (Wildman–Crippen MR) is 81.3 cm³/mol. The lowest BCUT2D eigenvalue weighted by molar-refractivity contribution is -0.139. The van der Waals surface area contributed by atoms with Gasteiger partial charge >= 0.3 is 12.0 Å². The van der Waals surface area contributed by atoms with Crippen LogP contribution in [0.5, 0.6) is 0 Å². The molecule has 0 fully saturated rings. The second kappa shape index (κ2) is 7.03. The van der Waals surface area contributed by atoms with Crippen LogP contribution in [0.25, 0.3) is 10.2 Å². The van der Waals surface area contributed by atoms with Crippen molar-refractivity contribution in [3.63, 3.8) is 0 Å². The van der Waals surface area contributed by atoms with E-state index < -0.39 is 18.0 Å². The minimum atomic E-state index is -1.02. The Labute approximate surface area is 126 Å². The minimum absolute atomic E-state index is 0.281. The van der Waals surface area contributed by atoms with E-state index in [0.29, 0.717) is 12.8 Å². The second-order valence-electron chi connectivity index (χ2n) is 4.58. The number of fused-ring (bicyclic) bond motifs is 1. The van der Waals surface area contributed by atoms with Crippen LogP contribution in [-0.4, -0.2) is 28.1 Å². The lowest BCUT2D eigenvalue weighted by Gasteiger charge is -2.13. The average molecular weight is 307 g/mol. The third-order valence-electron chi connectivity index (χ3n) is 2.92. The summed E-state index contributed by atoms with van der Waals surface area (Å²) in [6.07, 6.45) is 1.10. The zero-order valence-corrected chi connectivity index (χ0v) is 12.4. The van der Waals surface area contributed by atoms with Crippen LogP contribution >= 0.6 is 11.3 Å². The largest absolute Gasteiger partial charge is 0.480 e. The highest BCUT2D eigenvalue weighted by Gasteiger charge is 2.18. The quantitative estimate of drug-likeness (QED) is 0.764. The van der Waals surface area contributed by atoms with E-state index in [9.17, 15) is 9.59 Å². The van der Waals surface area contributed by atoms with Crippen molar-refractivity contribution >= 4 is 33.6 Å². The Hall–Kier alpha value is -2.15. The molecular weight excluding hydrogens is 290 g/mol. The van der Waals surface area contributed by atoms with Crippen LogP contribution in [0.3, 0.4) is 0 Å².